The normalized spacial score (nSPS) is 15.5. The zero-order valence-electron chi connectivity index (χ0n) is 11.5. The highest BCUT2D eigenvalue weighted by atomic mass is 79.9. The van der Waals surface area contributed by atoms with Crippen molar-refractivity contribution >= 4 is 28.1 Å². The topological polar surface area (TPSA) is 28.7 Å². The smallest absolute Gasteiger partial charge is 0.144 e. The number of benzene rings is 1. The second-order valence-electron chi connectivity index (χ2n) is 5.50. The summed E-state index contributed by atoms with van der Waals surface area (Å²) < 4.78 is 14.8. The highest BCUT2D eigenvalue weighted by Gasteiger charge is 2.21. The van der Waals surface area contributed by atoms with E-state index in [1.54, 1.807) is 6.07 Å². The van der Waals surface area contributed by atoms with Gasteiger partial charge >= 0.3 is 0 Å². The van der Waals surface area contributed by atoms with Crippen LogP contribution in [0.3, 0.4) is 0 Å². The number of aromatic amines is 1. The number of halogens is 2. The van der Waals surface area contributed by atoms with Crippen LogP contribution in [0.1, 0.15) is 48.7 Å². The molecule has 0 atom stereocenters. The van der Waals surface area contributed by atoms with E-state index in [1.807, 2.05) is 6.07 Å². The van der Waals surface area contributed by atoms with Crippen LogP contribution in [-0.4, -0.2) is 9.97 Å². The summed E-state index contributed by atoms with van der Waals surface area (Å²) in [6.45, 7) is 0. The van der Waals surface area contributed by atoms with Crippen molar-refractivity contribution < 1.29 is 4.39 Å². The summed E-state index contributed by atoms with van der Waals surface area (Å²) in [5.41, 5.74) is 2.05. The Morgan fingerprint density at radius 3 is 2.81 bits per heavy atom. The molecule has 0 saturated heterocycles. The summed E-state index contributed by atoms with van der Waals surface area (Å²) >= 11 is 8.92. The Kier molecular flexibility index (Phi) is 4.50. The first-order chi connectivity index (χ1) is 10.1. The van der Waals surface area contributed by atoms with Gasteiger partial charge in [-0.1, -0.05) is 37.2 Å². The van der Waals surface area contributed by atoms with E-state index < -0.39 is 0 Å². The van der Waals surface area contributed by atoms with Gasteiger partial charge in [0.25, 0.3) is 0 Å². The number of nitrogens with one attached hydrogen (secondary N) is 1. The molecule has 1 fully saturated rings. The van der Waals surface area contributed by atoms with Crippen molar-refractivity contribution in [3.8, 4) is 0 Å². The van der Waals surface area contributed by atoms with Gasteiger partial charge in [0.15, 0.2) is 0 Å². The van der Waals surface area contributed by atoms with Gasteiger partial charge in [0.1, 0.15) is 16.3 Å². The Labute approximate surface area is 137 Å². The zero-order valence-corrected chi connectivity index (χ0v) is 13.9. The molecular formula is C16H16BrFN2S. The van der Waals surface area contributed by atoms with Gasteiger partial charge in [0.05, 0.1) is 4.47 Å². The molecule has 0 bridgehead atoms. The Morgan fingerprint density at radius 2 is 2.10 bits per heavy atom. The standard InChI is InChI=1S/C16H16BrFN2S/c17-14-15(11-5-1-2-6-11)19-13(20-16(14)21)9-10-4-3-7-12(18)8-10/h3-4,7-8,11H,1-2,5-6,9H2,(H,19,20,21). The molecule has 0 aliphatic heterocycles. The van der Waals surface area contributed by atoms with Crippen molar-refractivity contribution in [1.29, 1.82) is 0 Å². The first-order valence-electron chi connectivity index (χ1n) is 7.16. The number of H-pyrrole nitrogens is 1. The van der Waals surface area contributed by atoms with E-state index in [-0.39, 0.29) is 5.82 Å². The van der Waals surface area contributed by atoms with Gasteiger partial charge in [0, 0.05) is 18.0 Å². The van der Waals surface area contributed by atoms with Gasteiger partial charge in [-0.25, -0.2) is 9.37 Å². The molecule has 1 aromatic heterocycles. The second-order valence-corrected chi connectivity index (χ2v) is 6.68. The molecule has 0 amide bonds. The lowest BCUT2D eigenvalue weighted by Crippen LogP contribution is -2.06. The fourth-order valence-electron chi connectivity index (χ4n) is 2.94. The molecular weight excluding hydrogens is 351 g/mol. The van der Waals surface area contributed by atoms with Crippen molar-refractivity contribution in [2.24, 2.45) is 0 Å². The monoisotopic (exact) mass is 366 g/mol. The predicted molar refractivity (Wildman–Crippen MR) is 87.5 cm³/mol. The molecule has 5 heteroatoms. The Bertz CT molecular complexity index is 708. The van der Waals surface area contributed by atoms with Crippen LogP contribution >= 0.6 is 28.1 Å². The van der Waals surface area contributed by atoms with Crippen molar-refractivity contribution in [1.82, 2.24) is 9.97 Å². The van der Waals surface area contributed by atoms with E-state index in [4.69, 9.17) is 12.2 Å². The molecule has 1 saturated carbocycles. The molecule has 1 aromatic carbocycles. The number of hydrogen-bond acceptors (Lipinski definition) is 2. The van der Waals surface area contributed by atoms with Crippen LogP contribution in [0.5, 0.6) is 0 Å². The SMILES string of the molecule is Fc1cccc(Cc2nc(=S)c(Br)c(C3CCCC3)[nH]2)c1. The third-order valence-electron chi connectivity index (χ3n) is 3.96. The molecule has 1 aliphatic carbocycles. The maximum atomic E-state index is 13.3. The first kappa shape index (κ1) is 14.9. The molecule has 1 heterocycles. The maximum absolute atomic E-state index is 13.3. The van der Waals surface area contributed by atoms with E-state index >= 15 is 0 Å². The van der Waals surface area contributed by atoms with Gasteiger partial charge in [-0.15, -0.1) is 0 Å². The fraction of sp³-hybridized carbons (Fsp3) is 0.375. The van der Waals surface area contributed by atoms with Crippen molar-refractivity contribution in [3.63, 3.8) is 0 Å². The van der Waals surface area contributed by atoms with Crippen LogP contribution < -0.4 is 0 Å². The summed E-state index contributed by atoms with van der Waals surface area (Å²) in [7, 11) is 0. The van der Waals surface area contributed by atoms with Crippen molar-refractivity contribution in [3.05, 3.63) is 56.3 Å². The predicted octanol–water partition coefficient (Wildman–Crippen LogP) is 5.29. The van der Waals surface area contributed by atoms with Crippen LogP contribution in [0.25, 0.3) is 0 Å². The van der Waals surface area contributed by atoms with Crippen molar-refractivity contribution in [2.75, 3.05) is 0 Å². The maximum Gasteiger partial charge on any atom is 0.144 e. The van der Waals surface area contributed by atoms with E-state index in [0.717, 1.165) is 21.6 Å². The summed E-state index contributed by atoms with van der Waals surface area (Å²) in [5, 5.41) is 0. The van der Waals surface area contributed by atoms with Crippen LogP contribution in [0, 0.1) is 10.5 Å². The highest BCUT2D eigenvalue weighted by molar-refractivity contribution is 9.10. The van der Waals surface area contributed by atoms with Gasteiger partial charge in [-0.3, -0.25) is 0 Å². The summed E-state index contributed by atoms with van der Waals surface area (Å²) in [5.74, 6) is 1.10. The summed E-state index contributed by atoms with van der Waals surface area (Å²) in [6.07, 6.45) is 5.47. The average molecular weight is 367 g/mol. The van der Waals surface area contributed by atoms with E-state index in [2.05, 4.69) is 25.9 Å². The van der Waals surface area contributed by atoms with Gasteiger partial charge in [-0.2, -0.15) is 0 Å². The number of hydrogen-bond donors (Lipinski definition) is 1. The molecule has 2 nitrogen and oxygen atoms in total. The van der Waals surface area contributed by atoms with Crippen LogP contribution in [0.4, 0.5) is 4.39 Å². The van der Waals surface area contributed by atoms with Crippen LogP contribution in [-0.2, 0) is 6.42 Å². The van der Waals surface area contributed by atoms with Crippen LogP contribution in [0.15, 0.2) is 28.7 Å². The Morgan fingerprint density at radius 1 is 1.33 bits per heavy atom. The van der Waals surface area contributed by atoms with Gasteiger partial charge < -0.3 is 4.98 Å². The molecule has 3 rings (SSSR count). The molecule has 1 aliphatic rings. The lowest BCUT2D eigenvalue weighted by molar-refractivity contribution is 0.625. The van der Waals surface area contributed by atoms with Gasteiger partial charge in [0.2, 0.25) is 0 Å². The van der Waals surface area contributed by atoms with E-state index in [1.165, 1.54) is 37.8 Å². The lowest BCUT2D eigenvalue weighted by atomic mass is 10.0. The van der Waals surface area contributed by atoms with Crippen molar-refractivity contribution in [2.45, 2.75) is 38.0 Å². The molecule has 1 N–H and O–H groups in total. The molecule has 0 unspecified atom stereocenters. The molecule has 21 heavy (non-hydrogen) atoms. The molecule has 110 valence electrons. The highest BCUT2D eigenvalue weighted by Crippen LogP contribution is 2.36. The first-order valence-corrected chi connectivity index (χ1v) is 8.36. The average Bonchev–Trinajstić information content (AvgIpc) is 2.96. The third-order valence-corrected chi connectivity index (χ3v) is 5.32. The minimum absolute atomic E-state index is 0.223. The second kappa shape index (κ2) is 6.36. The fourth-order valence-corrected chi connectivity index (χ4v) is 3.68. The number of rotatable bonds is 3. The number of aromatic nitrogens is 2. The third kappa shape index (κ3) is 3.40. The van der Waals surface area contributed by atoms with E-state index in [9.17, 15) is 4.39 Å². The Hall–Kier alpha value is -1.07. The minimum atomic E-state index is -0.223. The molecule has 2 aromatic rings. The lowest BCUT2D eigenvalue weighted by Gasteiger charge is -2.14. The zero-order chi connectivity index (χ0) is 14.8. The minimum Gasteiger partial charge on any atom is -0.346 e. The van der Waals surface area contributed by atoms with E-state index in [0.29, 0.717) is 17.0 Å². The van der Waals surface area contributed by atoms with Gasteiger partial charge in [-0.05, 0) is 46.5 Å². The summed E-state index contributed by atoms with van der Waals surface area (Å²) in [4.78, 5) is 7.84. The number of nitrogens with zero attached hydrogens (tertiary/aromatic N) is 1. The quantitative estimate of drug-likeness (QED) is 0.747. The Balaban J connectivity index is 1.94. The molecule has 0 radical (unpaired) electrons. The summed E-state index contributed by atoms with van der Waals surface area (Å²) in [6, 6.07) is 6.61. The molecule has 0 spiro atoms. The largest absolute Gasteiger partial charge is 0.346 e. The van der Waals surface area contributed by atoms with Crippen LogP contribution in [0.2, 0.25) is 0 Å².